The first-order valence-corrected chi connectivity index (χ1v) is 8.10. The van der Waals surface area contributed by atoms with Crippen LogP contribution in [0, 0.1) is 5.92 Å². The lowest BCUT2D eigenvalue weighted by Crippen LogP contribution is -2.27. The zero-order chi connectivity index (χ0) is 13.1. The van der Waals surface area contributed by atoms with Crippen LogP contribution in [0.2, 0.25) is 0 Å². The summed E-state index contributed by atoms with van der Waals surface area (Å²) >= 11 is 1.89. The fourth-order valence-electron chi connectivity index (χ4n) is 3.13. The number of fused-ring (bicyclic) bond motifs is 1. The molecule has 2 atom stereocenters. The zero-order valence-corrected chi connectivity index (χ0v) is 12.2. The van der Waals surface area contributed by atoms with Gasteiger partial charge >= 0.3 is 0 Å². The van der Waals surface area contributed by atoms with Crippen LogP contribution < -0.4 is 5.32 Å². The van der Waals surface area contributed by atoms with Crippen molar-refractivity contribution in [1.82, 2.24) is 5.32 Å². The summed E-state index contributed by atoms with van der Waals surface area (Å²) in [6.45, 7) is 3.35. The van der Waals surface area contributed by atoms with Gasteiger partial charge in [-0.2, -0.15) is 0 Å². The number of rotatable bonds is 5. The molecule has 0 fully saturated rings. The number of hydrogen-bond donors (Lipinski definition) is 1. The first-order chi connectivity index (χ1) is 9.38. The van der Waals surface area contributed by atoms with Crippen molar-refractivity contribution >= 4 is 11.3 Å². The van der Waals surface area contributed by atoms with Crippen LogP contribution in [0.3, 0.4) is 0 Å². The quantitative estimate of drug-likeness (QED) is 0.859. The van der Waals surface area contributed by atoms with Crippen LogP contribution in [0.1, 0.15) is 35.4 Å². The third-order valence-corrected chi connectivity index (χ3v) is 4.90. The van der Waals surface area contributed by atoms with E-state index < -0.39 is 0 Å². The molecule has 2 aromatic rings. The van der Waals surface area contributed by atoms with Crippen LogP contribution in [-0.4, -0.2) is 6.54 Å². The van der Waals surface area contributed by atoms with Gasteiger partial charge < -0.3 is 5.32 Å². The topological polar surface area (TPSA) is 12.0 Å². The smallest absolute Gasteiger partial charge is 0.0358 e. The van der Waals surface area contributed by atoms with Gasteiger partial charge in [-0.3, -0.25) is 0 Å². The molecule has 2 heteroatoms. The van der Waals surface area contributed by atoms with Crippen LogP contribution in [0.5, 0.6) is 0 Å². The Morgan fingerprint density at radius 3 is 2.89 bits per heavy atom. The Morgan fingerprint density at radius 1 is 1.21 bits per heavy atom. The minimum atomic E-state index is 0.540. The predicted molar refractivity (Wildman–Crippen MR) is 82.7 cm³/mol. The van der Waals surface area contributed by atoms with E-state index >= 15 is 0 Å². The third kappa shape index (κ3) is 2.75. The average molecular weight is 271 g/mol. The molecule has 1 aromatic carbocycles. The molecule has 1 heterocycles. The minimum Gasteiger partial charge on any atom is -0.310 e. The highest BCUT2D eigenvalue weighted by molar-refractivity contribution is 7.09. The van der Waals surface area contributed by atoms with Crippen molar-refractivity contribution in [2.75, 3.05) is 6.54 Å². The van der Waals surface area contributed by atoms with Gasteiger partial charge in [0.15, 0.2) is 0 Å². The Bertz CT molecular complexity index is 516. The summed E-state index contributed by atoms with van der Waals surface area (Å²) in [6.07, 6.45) is 3.62. The van der Waals surface area contributed by atoms with E-state index in [4.69, 9.17) is 0 Å². The lowest BCUT2D eigenvalue weighted by Gasteiger charge is -2.21. The minimum absolute atomic E-state index is 0.540. The van der Waals surface area contributed by atoms with E-state index in [0.717, 1.165) is 6.54 Å². The summed E-state index contributed by atoms with van der Waals surface area (Å²) in [4.78, 5) is 1.51. The monoisotopic (exact) mass is 271 g/mol. The molecule has 0 radical (unpaired) electrons. The summed E-state index contributed by atoms with van der Waals surface area (Å²) in [5.41, 5.74) is 3.06. The SMILES string of the molecule is CCCNC1c2ccccc2CC1Cc1cccs1. The Morgan fingerprint density at radius 2 is 2.11 bits per heavy atom. The number of thiophene rings is 1. The maximum atomic E-state index is 3.75. The Kier molecular flexibility index (Phi) is 4.00. The van der Waals surface area contributed by atoms with Gasteiger partial charge in [-0.05, 0) is 54.3 Å². The highest BCUT2D eigenvalue weighted by Crippen LogP contribution is 2.38. The molecule has 1 aliphatic carbocycles. The fourth-order valence-corrected chi connectivity index (χ4v) is 3.93. The van der Waals surface area contributed by atoms with Crippen molar-refractivity contribution in [3.63, 3.8) is 0 Å². The molecule has 0 amide bonds. The number of hydrogen-bond acceptors (Lipinski definition) is 2. The van der Waals surface area contributed by atoms with E-state index in [1.807, 2.05) is 11.3 Å². The largest absolute Gasteiger partial charge is 0.310 e. The summed E-state index contributed by atoms with van der Waals surface area (Å²) in [5.74, 6) is 0.711. The average Bonchev–Trinajstić information content (AvgIpc) is 3.04. The molecule has 3 rings (SSSR count). The second-order valence-corrected chi connectivity index (χ2v) is 6.41. The predicted octanol–water partition coefficient (Wildman–Crippen LogP) is 4.20. The van der Waals surface area contributed by atoms with E-state index in [1.54, 1.807) is 0 Å². The van der Waals surface area contributed by atoms with E-state index in [1.165, 1.54) is 35.3 Å². The van der Waals surface area contributed by atoms with Crippen molar-refractivity contribution in [1.29, 1.82) is 0 Å². The van der Waals surface area contributed by atoms with Gasteiger partial charge in [0.1, 0.15) is 0 Å². The Hall–Kier alpha value is -1.12. The third-order valence-electron chi connectivity index (χ3n) is 4.00. The lowest BCUT2D eigenvalue weighted by molar-refractivity contribution is 0.389. The molecule has 1 aliphatic rings. The van der Waals surface area contributed by atoms with Crippen LogP contribution in [0.4, 0.5) is 0 Å². The fraction of sp³-hybridized carbons (Fsp3) is 0.412. The maximum absolute atomic E-state index is 3.75. The normalized spacial score (nSPS) is 21.5. The first-order valence-electron chi connectivity index (χ1n) is 7.22. The van der Waals surface area contributed by atoms with Crippen LogP contribution in [0.25, 0.3) is 0 Å². The molecule has 1 nitrogen and oxygen atoms in total. The summed E-state index contributed by atoms with van der Waals surface area (Å²) in [6, 6.07) is 13.9. The highest BCUT2D eigenvalue weighted by atomic mass is 32.1. The molecule has 1 N–H and O–H groups in total. The Balaban J connectivity index is 1.80. The molecule has 19 heavy (non-hydrogen) atoms. The molecule has 1 aromatic heterocycles. The molecule has 2 unspecified atom stereocenters. The standard InChI is InChI=1S/C17H21NS/c1-2-9-18-17-14(12-15-7-5-10-19-15)11-13-6-3-4-8-16(13)17/h3-8,10,14,17-18H,2,9,11-12H2,1H3. The van der Waals surface area contributed by atoms with Crippen molar-refractivity contribution in [3.8, 4) is 0 Å². The Labute approximate surface area is 119 Å². The number of benzene rings is 1. The zero-order valence-electron chi connectivity index (χ0n) is 11.4. The molecule has 100 valence electrons. The van der Waals surface area contributed by atoms with Gasteiger partial charge in [0.2, 0.25) is 0 Å². The van der Waals surface area contributed by atoms with Crippen LogP contribution >= 0.6 is 11.3 Å². The van der Waals surface area contributed by atoms with Gasteiger partial charge in [0.25, 0.3) is 0 Å². The van der Waals surface area contributed by atoms with Crippen molar-refractivity contribution in [2.45, 2.75) is 32.2 Å². The summed E-state index contributed by atoms with van der Waals surface area (Å²) in [5, 5.41) is 5.94. The van der Waals surface area contributed by atoms with Gasteiger partial charge in [-0.1, -0.05) is 37.3 Å². The maximum Gasteiger partial charge on any atom is 0.0358 e. The van der Waals surface area contributed by atoms with Crippen molar-refractivity contribution < 1.29 is 0 Å². The molecule has 0 bridgehead atoms. The molecule has 0 spiro atoms. The lowest BCUT2D eigenvalue weighted by atomic mass is 9.96. The second kappa shape index (κ2) is 5.89. The summed E-state index contributed by atoms with van der Waals surface area (Å²) in [7, 11) is 0. The van der Waals surface area contributed by atoms with E-state index in [-0.39, 0.29) is 0 Å². The van der Waals surface area contributed by atoms with E-state index in [0.29, 0.717) is 12.0 Å². The molecular formula is C17H21NS. The van der Waals surface area contributed by atoms with Crippen molar-refractivity contribution in [3.05, 3.63) is 57.8 Å². The van der Waals surface area contributed by atoms with Gasteiger partial charge in [0.05, 0.1) is 0 Å². The van der Waals surface area contributed by atoms with E-state index in [9.17, 15) is 0 Å². The second-order valence-electron chi connectivity index (χ2n) is 5.38. The molecule has 0 saturated heterocycles. The van der Waals surface area contributed by atoms with Crippen LogP contribution in [0.15, 0.2) is 41.8 Å². The van der Waals surface area contributed by atoms with Gasteiger partial charge in [-0.25, -0.2) is 0 Å². The van der Waals surface area contributed by atoms with Crippen molar-refractivity contribution in [2.24, 2.45) is 5.92 Å². The molecule has 0 saturated carbocycles. The highest BCUT2D eigenvalue weighted by Gasteiger charge is 2.31. The first kappa shape index (κ1) is 12.9. The molecule has 0 aliphatic heterocycles. The van der Waals surface area contributed by atoms with Crippen LogP contribution in [-0.2, 0) is 12.8 Å². The molecular weight excluding hydrogens is 250 g/mol. The van der Waals surface area contributed by atoms with Gasteiger partial charge in [0, 0.05) is 10.9 Å². The summed E-state index contributed by atoms with van der Waals surface area (Å²) < 4.78 is 0. The number of nitrogens with one attached hydrogen (secondary N) is 1. The van der Waals surface area contributed by atoms with E-state index in [2.05, 4.69) is 54.0 Å². The van der Waals surface area contributed by atoms with Gasteiger partial charge in [-0.15, -0.1) is 11.3 Å².